The Balaban J connectivity index is 1.75. The number of amides is 3. The first-order valence-corrected chi connectivity index (χ1v) is 11.3. The van der Waals surface area contributed by atoms with E-state index in [0.717, 1.165) is 23.1 Å². The number of hydrogen-bond donors (Lipinski definition) is 1. The molecule has 1 aliphatic rings. The monoisotopic (exact) mass is 492 g/mol. The molecule has 0 radical (unpaired) electrons. The molecule has 0 aliphatic carbocycles. The topological polar surface area (TPSA) is 84.9 Å². The average Bonchev–Trinajstić information content (AvgIpc) is 3.04. The number of carbonyl (C=O) groups is 3. The summed E-state index contributed by atoms with van der Waals surface area (Å²) in [5, 5.41) is 2.25. The zero-order chi connectivity index (χ0) is 24.1. The van der Waals surface area contributed by atoms with Gasteiger partial charge in [-0.25, -0.2) is 4.39 Å². The second-order valence-corrected chi connectivity index (χ2v) is 8.59. The normalized spacial score (nSPS) is 15.7. The van der Waals surface area contributed by atoms with Crippen LogP contribution in [0.2, 0.25) is 5.02 Å². The number of benzene rings is 2. The standard InChI is InChI=1S/C23H22ClFN2O5S/c1-4-13(2)32-21-17(24)9-14(10-18(21)31-3)11-19-22(29)27(23(30)33-19)12-20(28)26-16-7-5-15(25)6-8-16/h5-11,13H,4,12H2,1-3H3,(H,26,28)/b19-11-/t13-/m1/s1. The minimum atomic E-state index is -0.603. The highest BCUT2D eigenvalue weighted by Crippen LogP contribution is 2.39. The molecule has 1 fully saturated rings. The van der Waals surface area contributed by atoms with Gasteiger partial charge in [0.25, 0.3) is 11.1 Å². The Bertz CT molecular complexity index is 1110. The van der Waals surface area contributed by atoms with Gasteiger partial charge >= 0.3 is 0 Å². The van der Waals surface area contributed by atoms with E-state index in [0.29, 0.717) is 27.8 Å². The Kier molecular flexibility index (Phi) is 7.99. The molecule has 10 heteroatoms. The molecule has 1 saturated heterocycles. The van der Waals surface area contributed by atoms with Crippen LogP contribution in [-0.2, 0) is 9.59 Å². The van der Waals surface area contributed by atoms with Gasteiger partial charge in [0.15, 0.2) is 11.5 Å². The minimum Gasteiger partial charge on any atom is -0.493 e. The first-order chi connectivity index (χ1) is 15.7. The van der Waals surface area contributed by atoms with Crippen molar-refractivity contribution in [3.05, 3.63) is 57.7 Å². The molecule has 1 atom stereocenters. The van der Waals surface area contributed by atoms with Crippen molar-refractivity contribution >= 4 is 52.2 Å². The predicted molar refractivity (Wildman–Crippen MR) is 126 cm³/mol. The summed E-state index contributed by atoms with van der Waals surface area (Å²) in [5.41, 5.74) is 0.889. The second kappa shape index (κ2) is 10.7. The molecule has 174 valence electrons. The lowest BCUT2D eigenvalue weighted by Gasteiger charge is -2.17. The van der Waals surface area contributed by atoms with Crippen molar-refractivity contribution in [1.82, 2.24) is 4.90 Å². The molecule has 3 rings (SSSR count). The van der Waals surface area contributed by atoms with E-state index in [1.807, 2.05) is 13.8 Å². The zero-order valence-corrected chi connectivity index (χ0v) is 19.8. The summed E-state index contributed by atoms with van der Waals surface area (Å²) in [5.74, 6) is -0.834. The molecule has 1 aliphatic heterocycles. The van der Waals surface area contributed by atoms with Gasteiger partial charge in [0.2, 0.25) is 5.91 Å². The van der Waals surface area contributed by atoms with Crippen molar-refractivity contribution < 1.29 is 28.2 Å². The predicted octanol–water partition coefficient (Wildman–Crippen LogP) is 5.34. The molecule has 3 amide bonds. The molecule has 1 heterocycles. The second-order valence-electron chi connectivity index (χ2n) is 7.19. The number of anilines is 1. The van der Waals surface area contributed by atoms with Crippen LogP contribution in [0, 0.1) is 5.82 Å². The number of hydrogen-bond acceptors (Lipinski definition) is 6. The van der Waals surface area contributed by atoms with Gasteiger partial charge in [-0.15, -0.1) is 0 Å². The van der Waals surface area contributed by atoms with Crippen molar-refractivity contribution in [2.45, 2.75) is 26.4 Å². The molecule has 0 aromatic heterocycles. The summed E-state index contributed by atoms with van der Waals surface area (Å²) >= 11 is 7.09. The summed E-state index contributed by atoms with van der Waals surface area (Å²) in [6.07, 6.45) is 2.22. The van der Waals surface area contributed by atoms with Gasteiger partial charge in [0.1, 0.15) is 12.4 Å². The summed E-state index contributed by atoms with van der Waals surface area (Å²) in [6.45, 7) is 3.42. The van der Waals surface area contributed by atoms with Crippen molar-refractivity contribution in [3.63, 3.8) is 0 Å². The number of ether oxygens (including phenoxy) is 2. The van der Waals surface area contributed by atoms with Crippen molar-refractivity contribution in [2.75, 3.05) is 19.0 Å². The van der Waals surface area contributed by atoms with Gasteiger partial charge in [-0.1, -0.05) is 18.5 Å². The van der Waals surface area contributed by atoms with Crippen molar-refractivity contribution in [1.29, 1.82) is 0 Å². The van der Waals surface area contributed by atoms with E-state index in [2.05, 4.69) is 5.32 Å². The lowest BCUT2D eigenvalue weighted by Crippen LogP contribution is -2.36. The maximum atomic E-state index is 13.0. The Labute approximate surface area is 199 Å². The molecule has 1 N–H and O–H groups in total. The zero-order valence-electron chi connectivity index (χ0n) is 18.2. The van der Waals surface area contributed by atoms with E-state index in [4.69, 9.17) is 21.1 Å². The smallest absolute Gasteiger partial charge is 0.294 e. The number of nitrogens with one attached hydrogen (secondary N) is 1. The number of nitrogens with zero attached hydrogens (tertiary/aromatic N) is 1. The van der Waals surface area contributed by atoms with Gasteiger partial charge in [0.05, 0.1) is 23.1 Å². The lowest BCUT2D eigenvalue weighted by molar-refractivity contribution is -0.127. The van der Waals surface area contributed by atoms with Crippen LogP contribution in [0.3, 0.4) is 0 Å². The molecule has 0 spiro atoms. The summed E-state index contributed by atoms with van der Waals surface area (Å²) < 4.78 is 24.2. The lowest BCUT2D eigenvalue weighted by atomic mass is 10.1. The molecule has 2 aromatic rings. The van der Waals surface area contributed by atoms with E-state index in [1.54, 1.807) is 12.1 Å². The third-order valence-corrected chi connectivity index (χ3v) is 5.93. The average molecular weight is 493 g/mol. The Morgan fingerprint density at radius 1 is 1.27 bits per heavy atom. The van der Waals surface area contributed by atoms with Crippen LogP contribution in [0.1, 0.15) is 25.8 Å². The van der Waals surface area contributed by atoms with Crippen LogP contribution in [0.4, 0.5) is 14.9 Å². The number of methoxy groups -OCH3 is 1. The van der Waals surface area contributed by atoms with Gasteiger partial charge in [-0.3, -0.25) is 19.3 Å². The molecule has 0 bridgehead atoms. The van der Waals surface area contributed by atoms with Crippen molar-refractivity contribution in [2.24, 2.45) is 0 Å². The van der Waals surface area contributed by atoms with E-state index >= 15 is 0 Å². The first kappa shape index (κ1) is 24.6. The number of rotatable bonds is 8. The SMILES string of the molecule is CC[C@@H](C)Oc1c(Cl)cc(/C=C2\SC(=O)N(CC(=O)Nc3ccc(F)cc3)C2=O)cc1OC. The molecule has 0 unspecified atom stereocenters. The maximum absolute atomic E-state index is 13.0. The van der Waals surface area contributed by atoms with Crippen LogP contribution in [0.25, 0.3) is 6.08 Å². The molecular formula is C23H22ClFN2O5S. The molecule has 33 heavy (non-hydrogen) atoms. The Morgan fingerprint density at radius 3 is 2.61 bits per heavy atom. The largest absolute Gasteiger partial charge is 0.493 e. The van der Waals surface area contributed by atoms with E-state index in [-0.39, 0.29) is 11.0 Å². The van der Waals surface area contributed by atoms with Gasteiger partial charge in [-0.2, -0.15) is 0 Å². The summed E-state index contributed by atoms with van der Waals surface area (Å²) in [6, 6.07) is 8.41. The fourth-order valence-electron chi connectivity index (χ4n) is 2.89. The Morgan fingerprint density at radius 2 is 1.97 bits per heavy atom. The highest BCUT2D eigenvalue weighted by Gasteiger charge is 2.36. The van der Waals surface area contributed by atoms with Crippen LogP contribution < -0.4 is 14.8 Å². The number of thioether (sulfide) groups is 1. The van der Waals surface area contributed by atoms with E-state index in [9.17, 15) is 18.8 Å². The van der Waals surface area contributed by atoms with Crippen molar-refractivity contribution in [3.8, 4) is 11.5 Å². The van der Waals surface area contributed by atoms with Crippen LogP contribution in [0.5, 0.6) is 11.5 Å². The van der Waals surface area contributed by atoms with Gasteiger partial charge in [0, 0.05) is 5.69 Å². The molecule has 2 aromatic carbocycles. The van der Waals surface area contributed by atoms with Gasteiger partial charge in [-0.05, 0) is 73.1 Å². The van der Waals surface area contributed by atoms with E-state index < -0.39 is 29.4 Å². The fourth-order valence-corrected chi connectivity index (χ4v) is 3.99. The minimum absolute atomic E-state index is 0.0696. The first-order valence-electron chi connectivity index (χ1n) is 10.1. The number of carbonyl (C=O) groups excluding carboxylic acids is 3. The third kappa shape index (κ3) is 6.06. The van der Waals surface area contributed by atoms with Gasteiger partial charge < -0.3 is 14.8 Å². The maximum Gasteiger partial charge on any atom is 0.294 e. The summed E-state index contributed by atoms with van der Waals surface area (Å²) in [7, 11) is 1.48. The highest BCUT2D eigenvalue weighted by molar-refractivity contribution is 8.18. The van der Waals surface area contributed by atoms with Crippen LogP contribution in [0.15, 0.2) is 41.3 Å². The van der Waals surface area contributed by atoms with Crippen LogP contribution in [-0.4, -0.2) is 41.7 Å². The number of halogens is 2. The quantitative estimate of drug-likeness (QED) is 0.501. The molecule has 7 nitrogen and oxygen atoms in total. The molecular weight excluding hydrogens is 471 g/mol. The number of imide groups is 1. The Hall–Kier alpha value is -3.04. The summed E-state index contributed by atoms with van der Waals surface area (Å²) in [4.78, 5) is 38.3. The third-order valence-electron chi connectivity index (χ3n) is 4.75. The van der Waals surface area contributed by atoms with Crippen LogP contribution >= 0.6 is 23.4 Å². The molecule has 0 saturated carbocycles. The fraction of sp³-hybridized carbons (Fsp3) is 0.261. The van der Waals surface area contributed by atoms with E-state index in [1.165, 1.54) is 37.5 Å². The highest BCUT2D eigenvalue weighted by atomic mass is 35.5.